The second-order valence-corrected chi connectivity index (χ2v) is 4.14. The van der Waals surface area contributed by atoms with E-state index in [2.05, 4.69) is 10.3 Å². The topological polar surface area (TPSA) is 34.2 Å². The Balaban J connectivity index is 2.16. The second-order valence-electron chi connectivity index (χ2n) is 3.29. The third-order valence-corrected chi connectivity index (χ3v) is 2.86. The van der Waals surface area contributed by atoms with Gasteiger partial charge in [-0.05, 0) is 25.2 Å². The molecule has 1 aliphatic rings. The van der Waals surface area contributed by atoms with Crippen LogP contribution in [-0.2, 0) is 0 Å². The van der Waals surface area contributed by atoms with E-state index in [0.717, 1.165) is 16.5 Å². The maximum atomic E-state index is 5.66. The minimum atomic E-state index is 0.437. The molecular weight excluding hydrogens is 196 g/mol. The summed E-state index contributed by atoms with van der Waals surface area (Å²) in [5, 5.41) is 3.06. The molecule has 0 saturated heterocycles. The van der Waals surface area contributed by atoms with Gasteiger partial charge in [0, 0.05) is 7.05 Å². The molecule has 76 valence electrons. The normalized spacial score (nSPS) is 15.3. The number of rotatable bonds is 4. The molecule has 3 nitrogen and oxygen atoms in total. The van der Waals surface area contributed by atoms with Crippen molar-refractivity contribution in [1.29, 1.82) is 0 Å². The lowest BCUT2D eigenvalue weighted by molar-refractivity contribution is 0.301. The SMILES string of the molecule is CNc1ncc(OC2CC2)cc1SC. The van der Waals surface area contributed by atoms with Crippen LogP contribution < -0.4 is 10.1 Å². The molecule has 1 aromatic heterocycles. The first-order chi connectivity index (χ1) is 6.83. The van der Waals surface area contributed by atoms with Gasteiger partial charge >= 0.3 is 0 Å². The van der Waals surface area contributed by atoms with Crippen LogP contribution >= 0.6 is 11.8 Å². The lowest BCUT2D eigenvalue weighted by atomic mass is 10.4. The predicted octanol–water partition coefficient (Wildman–Crippen LogP) is 2.39. The Morgan fingerprint density at radius 3 is 2.93 bits per heavy atom. The van der Waals surface area contributed by atoms with Gasteiger partial charge in [-0.1, -0.05) is 0 Å². The fraction of sp³-hybridized carbons (Fsp3) is 0.500. The molecule has 1 aromatic rings. The summed E-state index contributed by atoms with van der Waals surface area (Å²) in [7, 11) is 1.88. The van der Waals surface area contributed by atoms with E-state index in [9.17, 15) is 0 Å². The van der Waals surface area contributed by atoms with Crippen LogP contribution in [0.1, 0.15) is 12.8 Å². The summed E-state index contributed by atoms with van der Waals surface area (Å²) in [4.78, 5) is 5.42. The largest absolute Gasteiger partial charge is 0.489 e. The van der Waals surface area contributed by atoms with E-state index in [4.69, 9.17) is 4.74 Å². The van der Waals surface area contributed by atoms with Gasteiger partial charge in [-0.2, -0.15) is 0 Å². The smallest absolute Gasteiger partial charge is 0.139 e. The van der Waals surface area contributed by atoms with Gasteiger partial charge in [-0.3, -0.25) is 0 Å². The first-order valence-electron chi connectivity index (χ1n) is 4.72. The van der Waals surface area contributed by atoms with Crippen LogP contribution in [0.25, 0.3) is 0 Å². The van der Waals surface area contributed by atoms with Crippen molar-refractivity contribution in [2.24, 2.45) is 0 Å². The highest BCUT2D eigenvalue weighted by Crippen LogP contribution is 2.31. The maximum absolute atomic E-state index is 5.66. The average molecular weight is 210 g/mol. The molecular formula is C10H14N2OS. The Labute approximate surface area is 88.3 Å². The summed E-state index contributed by atoms with van der Waals surface area (Å²) < 4.78 is 5.66. The monoisotopic (exact) mass is 210 g/mol. The average Bonchev–Trinajstić information content (AvgIpc) is 3.01. The molecule has 0 atom stereocenters. The number of thioether (sulfide) groups is 1. The highest BCUT2D eigenvalue weighted by atomic mass is 32.2. The van der Waals surface area contributed by atoms with E-state index in [0.29, 0.717) is 6.10 Å². The van der Waals surface area contributed by atoms with Crippen LogP contribution in [0.5, 0.6) is 5.75 Å². The van der Waals surface area contributed by atoms with Gasteiger partial charge in [0.15, 0.2) is 0 Å². The van der Waals surface area contributed by atoms with Crippen molar-refractivity contribution in [2.75, 3.05) is 18.6 Å². The van der Waals surface area contributed by atoms with E-state index in [-0.39, 0.29) is 0 Å². The Hall–Kier alpha value is -0.900. The van der Waals surface area contributed by atoms with Crippen LogP contribution in [-0.4, -0.2) is 24.4 Å². The Bertz CT molecular complexity index is 326. The van der Waals surface area contributed by atoms with Crippen molar-refractivity contribution in [1.82, 2.24) is 4.98 Å². The molecule has 1 fully saturated rings. The Morgan fingerprint density at radius 1 is 1.57 bits per heavy atom. The molecule has 2 rings (SSSR count). The molecule has 1 saturated carbocycles. The number of hydrogen-bond acceptors (Lipinski definition) is 4. The molecule has 0 aliphatic heterocycles. The Morgan fingerprint density at radius 2 is 2.36 bits per heavy atom. The molecule has 0 radical (unpaired) electrons. The summed E-state index contributed by atoms with van der Waals surface area (Å²) >= 11 is 1.68. The third-order valence-electron chi connectivity index (χ3n) is 2.11. The third kappa shape index (κ3) is 2.12. The van der Waals surface area contributed by atoms with Crippen molar-refractivity contribution in [2.45, 2.75) is 23.8 Å². The molecule has 1 aliphatic carbocycles. The molecule has 0 unspecified atom stereocenters. The van der Waals surface area contributed by atoms with Gasteiger partial charge in [0.2, 0.25) is 0 Å². The summed E-state index contributed by atoms with van der Waals surface area (Å²) in [6, 6.07) is 2.04. The fourth-order valence-corrected chi connectivity index (χ4v) is 1.79. The van der Waals surface area contributed by atoms with Crippen molar-refractivity contribution in [3.05, 3.63) is 12.3 Å². The predicted molar refractivity (Wildman–Crippen MR) is 59.2 cm³/mol. The Kier molecular flexibility index (Phi) is 2.82. The van der Waals surface area contributed by atoms with Crippen LogP contribution in [0.15, 0.2) is 17.2 Å². The van der Waals surface area contributed by atoms with E-state index < -0.39 is 0 Å². The van der Waals surface area contributed by atoms with Gasteiger partial charge in [-0.15, -0.1) is 11.8 Å². The summed E-state index contributed by atoms with van der Waals surface area (Å²) in [5.74, 6) is 1.80. The number of aromatic nitrogens is 1. The van der Waals surface area contributed by atoms with Crippen molar-refractivity contribution in [3.63, 3.8) is 0 Å². The zero-order valence-electron chi connectivity index (χ0n) is 8.41. The molecule has 0 spiro atoms. The summed E-state index contributed by atoms with van der Waals surface area (Å²) in [5.41, 5.74) is 0. The second kappa shape index (κ2) is 4.09. The maximum Gasteiger partial charge on any atom is 0.139 e. The fourth-order valence-electron chi connectivity index (χ4n) is 1.21. The number of ether oxygens (including phenoxy) is 1. The first-order valence-corrected chi connectivity index (χ1v) is 5.94. The highest BCUT2D eigenvalue weighted by Gasteiger charge is 2.23. The lowest BCUT2D eigenvalue weighted by Gasteiger charge is -2.08. The lowest BCUT2D eigenvalue weighted by Crippen LogP contribution is -1.99. The first kappa shape index (κ1) is 9.65. The zero-order chi connectivity index (χ0) is 9.97. The van der Waals surface area contributed by atoms with Crippen LogP contribution in [0, 0.1) is 0 Å². The minimum absolute atomic E-state index is 0.437. The van der Waals surface area contributed by atoms with Gasteiger partial charge in [0.1, 0.15) is 11.6 Å². The van der Waals surface area contributed by atoms with Crippen molar-refractivity contribution in [3.8, 4) is 5.75 Å². The number of pyridine rings is 1. The molecule has 1 N–H and O–H groups in total. The molecule has 0 aromatic carbocycles. The van der Waals surface area contributed by atoms with Gasteiger partial charge in [0.05, 0.1) is 17.2 Å². The van der Waals surface area contributed by atoms with Gasteiger partial charge in [-0.25, -0.2) is 4.98 Å². The van der Waals surface area contributed by atoms with Crippen molar-refractivity contribution >= 4 is 17.6 Å². The zero-order valence-corrected chi connectivity index (χ0v) is 9.23. The van der Waals surface area contributed by atoms with E-state index >= 15 is 0 Å². The summed E-state index contributed by atoms with van der Waals surface area (Å²) in [6.45, 7) is 0. The highest BCUT2D eigenvalue weighted by molar-refractivity contribution is 7.98. The number of nitrogens with zero attached hydrogens (tertiary/aromatic N) is 1. The molecule has 14 heavy (non-hydrogen) atoms. The minimum Gasteiger partial charge on any atom is -0.489 e. The molecule has 0 bridgehead atoms. The van der Waals surface area contributed by atoms with E-state index in [1.54, 1.807) is 18.0 Å². The van der Waals surface area contributed by atoms with Gasteiger partial charge in [0.25, 0.3) is 0 Å². The quantitative estimate of drug-likeness (QED) is 0.774. The van der Waals surface area contributed by atoms with E-state index in [1.165, 1.54) is 12.8 Å². The van der Waals surface area contributed by atoms with Crippen LogP contribution in [0.4, 0.5) is 5.82 Å². The number of anilines is 1. The molecule has 1 heterocycles. The number of nitrogens with one attached hydrogen (secondary N) is 1. The van der Waals surface area contributed by atoms with Crippen LogP contribution in [0.3, 0.4) is 0 Å². The van der Waals surface area contributed by atoms with E-state index in [1.807, 2.05) is 19.4 Å². The summed E-state index contributed by atoms with van der Waals surface area (Å²) in [6.07, 6.45) is 6.62. The number of hydrogen-bond donors (Lipinski definition) is 1. The molecule has 4 heteroatoms. The van der Waals surface area contributed by atoms with Crippen LogP contribution in [0.2, 0.25) is 0 Å². The van der Waals surface area contributed by atoms with Gasteiger partial charge < -0.3 is 10.1 Å². The molecule has 0 amide bonds. The van der Waals surface area contributed by atoms with Crippen molar-refractivity contribution < 1.29 is 4.74 Å². The standard InChI is InChI=1S/C10H14N2OS/c1-11-10-9(14-2)5-8(6-12-10)13-7-3-4-7/h5-7H,3-4H2,1-2H3,(H,11,12).